The number of nitrogens with zero attached hydrogens (tertiary/aromatic N) is 6. The van der Waals surface area contributed by atoms with Crippen LogP contribution in [0.25, 0.3) is 22.6 Å². The van der Waals surface area contributed by atoms with Gasteiger partial charge in [-0.15, -0.1) is 0 Å². The number of hydrogen-bond acceptors (Lipinski definition) is 5. The zero-order valence-corrected chi connectivity index (χ0v) is 17.3. The molecule has 1 aliphatic heterocycles. The van der Waals surface area contributed by atoms with Crippen LogP contribution in [0, 0.1) is 12.7 Å². The summed E-state index contributed by atoms with van der Waals surface area (Å²) < 4.78 is 17.7. The van der Waals surface area contributed by atoms with Crippen molar-refractivity contribution in [3.05, 3.63) is 64.7 Å². The maximum absolute atomic E-state index is 14.5. The molecule has 0 spiro atoms. The number of imidazole rings is 1. The van der Waals surface area contributed by atoms with Crippen LogP contribution in [0.4, 0.5) is 10.1 Å². The SMILES string of the molecule is Cc1cn2cc(-c3cc(=O)n4cc(N5CCN(C6CC6)CC5)ccc4n3)cc(F)c2n1. The first-order valence-electron chi connectivity index (χ1n) is 10.7. The topological polar surface area (TPSA) is 58.2 Å². The summed E-state index contributed by atoms with van der Waals surface area (Å²) in [6, 6.07) is 7.52. The van der Waals surface area contributed by atoms with Gasteiger partial charge < -0.3 is 9.30 Å². The number of aromatic nitrogens is 4. The molecule has 1 saturated heterocycles. The Morgan fingerprint density at radius 1 is 1.00 bits per heavy atom. The van der Waals surface area contributed by atoms with E-state index in [1.165, 1.54) is 25.0 Å². The van der Waals surface area contributed by atoms with Gasteiger partial charge in [0.25, 0.3) is 5.56 Å². The number of pyridine rings is 2. The zero-order valence-electron chi connectivity index (χ0n) is 17.3. The average Bonchev–Trinajstić information content (AvgIpc) is 3.55. The van der Waals surface area contributed by atoms with Gasteiger partial charge in [0.05, 0.1) is 17.1 Å². The lowest BCUT2D eigenvalue weighted by Gasteiger charge is -2.36. The molecule has 158 valence electrons. The maximum Gasteiger partial charge on any atom is 0.258 e. The predicted octanol–water partition coefficient (Wildman–Crippen LogP) is 2.74. The van der Waals surface area contributed by atoms with Crippen molar-refractivity contribution < 1.29 is 4.39 Å². The van der Waals surface area contributed by atoms with E-state index in [2.05, 4.69) is 19.8 Å². The Kier molecular flexibility index (Phi) is 4.11. The molecule has 0 amide bonds. The van der Waals surface area contributed by atoms with E-state index in [1.807, 2.05) is 25.3 Å². The Morgan fingerprint density at radius 3 is 2.58 bits per heavy atom. The summed E-state index contributed by atoms with van der Waals surface area (Å²) in [5.41, 5.74) is 3.38. The molecule has 5 heterocycles. The molecular formula is C23H23FN6O. The molecule has 0 radical (unpaired) electrons. The fourth-order valence-corrected chi connectivity index (χ4v) is 4.53. The normalized spacial score (nSPS) is 17.7. The highest BCUT2D eigenvalue weighted by Gasteiger charge is 2.31. The molecule has 0 N–H and O–H groups in total. The second-order valence-electron chi connectivity index (χ2n) is 8.54. The van der Waals surface area contributed by atoms with Gasteiger partial charge >= 0.3 is 0 Å². The highest BCUT2D eigenvalue weighted by molar-refractivity contribution is 5.64. The van der Waals surface area contributed by atoms with Crippen molar-refractivity contribution in [2.45, 2.75) is 25.8 Å². The molecule has 0 unspecified atom stereocenters. The number of halogens is 1. The Balaban J connectivity index is 1.34. The van der Waals surface area contributed by atoms with E-state index in [0.717, 1.165) is 43.6 Å². The molecule has 2 aliphatic rings. The lowest BCUT2D eigenvalue weighted by atomic mass is 10.2. The molecule has 31 heavy (non-hydrogen) atoms. The third-order valence-corrected chi connectivity index (χ3v) is 6.31. The largest absolute Gasteiger partial charge is 0.368 e. The Morgan fingerprint density at radius 2 is 1.81 bits per heavy atom. The molecule has 0 atom stereocenters. The van der Waals surface area contributed by atoms with Crippen molar-refractivity contribution in [1.82, 2.24) is 23.7 Å². The van der Waals surface area contributed by atoms with Gasteiger partial charge in [0.15, 0.2) is 11.5 Å². The van der Waals surface area contributed by atoms with Gasteiger partial charge in [0.1, 0.15) is 5.65 Å². The van der Waals surface area contributed by atoms with Gasteiger partial charge in [-0.2, -0.15) is 0 Å². The van der Waals surface area contributed by atoms with E-state index in [0.29, 0.717) is 16.9 Å². The first kappa shape index (κ1) is 18.5. The number of hydrogen-bond donors (Lipinski definition) is 0. The lowest BCUT2D eigenvalue weighted by Crippen LogP contribution is -2.47. The van der Waals surface area contributed by atoms with Gasteiger partial charge in [-0.05, 0) is 38.0 Å². The summed E-state index contributed by atoms with van der Waals surface area (Å²) in [4.78, 5) is 26.6. The zero-order chi connectivity index (χ0) is 21.1. The van der Waals surface area contributed by atoms with Gasteiger partial charge in [-0.1, -0.05) is 0 Å². The molecule has 4 aromatic rings. The number of piperazine rings is 1. The van der Waals surface area contributed by atoms with Crippen LogP contribution in [-0.2, 0) is 0 Å². The van der Waals surface area contributed by atoms with E-state index < -0.39 is 5.82 Å². The van der Waals surface area contributed by atoms with Crippen LogP contribution in [0.1, 0.15) is 18.5 Å². The third-order valence-electron chi connectivity index (χ3n) is 6.31. The van der Waals surface area contributed by atoms with Gasteiger partial charge in [-0.25, -0.2) is 14.4 Å². The number of fused-ring (bicyclic) bond motifs is 2. The molecule has 8 heteroatoms. The van der Waals surface area contributed by atoms with Crippen LogP contribution >= 0.6 is 0 Å². The minimum atomic E-state index is -0.437. The first-order chi connectivity index (χ1) is 15.0. The first-order valence-corrected chi connectivity index (χ1v) is 10.7. The van der Waals surface area contributed by atoms with Gasteiger partial charge in [0, 0.05) is 62.4 Å². The molecule has 7 nitrogen and oxygen atoms in total. The lowest BCUT2D eigenvalue weighted by molar-refractivity contribution is 0.248. The maximum atomic E-state index is 14.5. The van der Waals surface area contributed by atoms with Crippen LogP contribution in [0.15, 0.2) is 47.7 Å². The van der Waals surface area contributed by atoms with Crippen molar-refractivity contribution in [3.63, 3.8) is 0 Å². The molecule has 1 aliphatic carbocycles. The van der Waals surface area contributed by atoms with Crippen LogP contribution in [0.2, 0.25) is 0 Å². The van der Waals surface area contributed by atoms with E-state index in [9.17, 15) is 9.18 Å². The van der Waals surface area contributed by atoms with Crippen molar-refractivity contribution >= 4 is 17.0 Å². The second kappa shape index (κ2) is 6.88. The minimum Gasteiger partial charge on any atom is -0.368 e. The average molecular weight is 418 g/mol. The summed E-state index contributed by atoms with van der Waals surface area (Å²) in [7, 11) is 0. The van der Waals surface area contributed by atoms with Crippen LogP contribution in [0.5, 0.6) is 0 Å². The number of rotatable bonds is 3. The van der Waals surface area contributed by atoms with Gasteiger partial charge in [-0.3, -0.25) is 14.1 Å². The molecule has 1 saturated carbocycles. The van der Waals surface area contributed by atoms with Crippen LogP contribution in [-0.4, -0.2) is 55.9 Å². The molecular weight excluding hydrogens is 395 g/mol. The Labute approximate surface area is 178 Å². The van der Waals surface area contributed by atoms with Crippen LogP contribution in [0.3, 0.4) is 0 Å². The molecule has 2 fully saturated rings. The van der Waals surface area contributed by atoms with E-state index in [1.54, 1.807) is 21.2 Å². The fourth-order valence-electron chi connectivity index (χ4n) is 4.53. The third kappa shape index (κ3) is 3.27. The molecule has 0 bridgehead atoms. The fraction of sp³-hybridized carbons (Fsp3) is 0.348. The second-order valence-corrected chi connectivity index (χ2v) is 8.54. The standard InChI is InChI=1S/C23H23FN6O/c1-15-12-29-13-16(10-19(24)23(29)25-15)20-11-22(31)30-14-18(4-5-21(30)26-20)28-8-6-27(7-9-28)17-2-3-17/h4-5,10-14,17H,2-3,6-9H2,1H3. The highest BCUT2D eigenvalue weighted by Crippen LogP contribution is 2.28. The highest BCUT2D eigenvalue weighted by atomic mass is 19.1. The Bertz CT molecular complexity index is 1360. The quantitative estimate of drug-likeness (QED) is 0.512. The predicted molar refractivity (Wildman–Crippen MR) is 117 cm³/mol. The number of aryl methyl sites for hydroxylation is 1. The summed E-state index contributed by atoms with van der Waals surface area (Å²) in [6.07, 6.45) is 8.03. The van der Waals surface area contributed by atoms with E-state index in [-0.39, 0.29) is 11.2 Å². The van der Waals surface area contributed by atoms with E-state index >= 15 is 0 Å². The Hall–Kier alpha value is -3.26. The minimum absolute atomic E-state index is 0.180. The van der Waals surface area contributed by atoms with Crippen molar-refractivity contribution in [2.24, 2.45) is 0 Å². The molecule has 0 aromatic carbocycles. The van der Waals surface area contributed by atoms with Crippen molar-refractivity contribution in [1.29, 1.82) is 0 Å². The van der Waals surface area contributed by atoms with Gasteiger partial charge in [0.2, 0.25) is 0 Å². The summed E-state index contributed by atoms with van der Waals surface area (Å²) >= 11 is 0. The van der Waals surface area contributed by atoms with Crippen molar-refractivity contribution in [2.75, 3.05) is 31.1 Å². The molecule has 6 rings (SSSR count). The monoisotopic (exact) mass is 418 g/mol. The summed E-state index contributed by atoms with van der Waals surface area (Å²) in [5, 5.41) is 0. The summed E-state index contributed by atoms with van der Waals surface area (Å²) in [5.74, 6) is -0.437. The summed E-state index contributed by atoms with van der Waals surface area (Å²) in [6.45, 7) is 5.88. The smallest absolute Gasteiger partial charge is 0.258 e. The van der Waals surface area contributed by atoms with Crippen molar-refractivity contribution in [3.8, 4) is 11.3 Å². The van der Waals surface area contributed by atoms with E-state index in [4.69, 9.17) is 0 Å². The van der Waals surface area contributed by atoms with Crippen LogP contribution < -0.4 is 10.5 Å². The molecule has 4 aromatic heterocycles. The number of anilines is 1.